The molecule has 0 N–H and O–H groups in total. The Morgan fingerprint density at radius 3 is 2.29 bits per heavy atom. The van der Waals surface area contributed by atoms with E-state index in [0.717, 1.165) is 17.1 Å². The monoisotopic (exact) mass is 402 g/mol. The number of nitro benzene ring substituents is 1. The number of para-hydroxylation sites is 1. The second kappa shape index (κ2) is 6.74. The number of thiophene rings is 2. The molecule has 0 spiro atoms. The van der Waals surface area contributed by atoms with Gasteiger partial charge in [0.2, 0.25) is 0 Å². The first-order valence-corrected chi connectivity index (χ1v) is 10.5. The van der Waals surface area contributed by atoms with E-state index in [1.165, 1.54) is 20.2 Å². The molecule has 136 valence electrons. The molecule has 3 aromatic carbocycles. The number of hydrogen-bond acceptors (Lipinski definition) is 5. The van der Waals surface area contributed by atoms with Crippen molar-refractivity contribution in [3.05, 3.63) is 93.7 Å². The van der Waals surface area contributed by atoms with Crippen LogP contribution in [0.2, 0.25) is 0 Å². The zero-order valence-electron chi connectivity index (χ0n) is 14.6. The topological polar surface area (TPSA) is 46.4 Å². The molecular weight excluding hydrogens is 388 g/mol. The summed E-state index contributed by atoms with van der Waals surface area (Å²) in [5, 5.41) is 17.7. The van der Waals surface area contributed by atoms with Gasteiger partial charge in [-0.15, -0.1) is 22.7 Å². The highest BCUT2D eigenvalue weighted by Crippen LogP contribution is 2.46. The Morgan fingerprint density at radius 1 is 0.821 bits per heavy atom. The molecular formula is C22H14N2O2S2. The molecule has 0 unspecified atom stereocenters. The van der Waals surface area contributed by atoms with Crippen molar-refractivity contribution in [3.63, 3.8) is 0 Å². The van der Waals surface area contributed by atoms with Crippen molar-refractivity contribution in [1.82, 2.24) is 0 Å². The summed E-state index contributed by atoms with van der Waals surface area (Å²) >= 11 is 3.44. The number of anilines is 3. The quantitative estimate of drug-likeness (QED) is 0.231. The molecule has 2 aromatic heterocycles. The highest BCUT2D eigenvalue weighted by Gasteiger charge is 2.20. The van der Waals surface area contributed by atoms with E-state index in [4.69, 9.17) is 0 Å². The Balaban J connectivity index is 1.82. The largest absolute Gasteiger partial charge is 0.308 e. The Bertz CT molecular complexity index is 1240. The van der Waals surface area contributed by atoms with Crippen LogP contribution in [0, 0.1) is 10.1 Å². The molecule has 0 aliphatic rings. The van der Waals surface area contributed by atoms with Crippen LogP contribution in [0.1, 0.15) is 0 Å². The predicted octanol–water partition coefficient (Wildman–Crippen LogP) is 7.49. The van der Waals surface area contributed by atoms with Crippen molar-refractivity contribution in [2.45, 2.75) is 0 Å². The van der Waals surface area contributed by atoms with Crippen molar-refractivity contribution in [2.24, 2.45) is 0 Å². The predicted molar refractivity (Wildman–Crippen MR) is 119 cm³/mol. The first-order chi connectivity index (χ1) is 13.7. The third-order valence-electron chi connectivity index (χ3n) is 4.70. The highest BCUT2D eigenvalue weighted by molar-refractivity contribution is 7.19. The molecule has 0 aliphatic heterocycles. The number of nitrogens with zero attached hydrogens (tertiary/aromatic N) is 2. The van der Waals surface area contributed by atoms with E-state index >= 15 is 0 Å². The second-order valence-electron chi connectivity index (χ2n) is 6.34. The van der Waals surface area contributed by atoms with E-state index in [0.29, 0.717) is 0 Å². The average molecular weight is 403 g/mol. The highest BCUT2D eigenvalue weighted by atomic mass is 32.1. The van der Waals surface area contributed by atoms with E-state index in [1.54, 1.807) is 34.8 Å². The number of nitro groups is 1. The maximum atomic E-state index is 11.1. The first kappa shape index (κ1) is 16.9. The fourth-order valence-electron chi connectivity index (χ4n) is 3.45. The van der Waals surface area contributed by atoms with Gasteiger partial charge in [0.1, 0.15) is 0 Å². The van der Waals surface area contributed by atoms with Gasteiger partial charge in [-0.1, -0.05) is 18.2 Å². The molecule has 5 rings (SSSR count). The van der Waals surface area contributed by atoms with Crippen molar-refractivity contribution in [1.29, 1.82) is 0 Å². The minimum Gasteiger partial charge on any atom is -0.308 e. The maximum Gasteiger partial charge on any atom is 0.269 e. The molecule has 0 aliphatic carbocycles. The molecule has 0 bridgehead atoms. The van der Waals surface area contributed by atoms with Gasteiger partial charge < -0.3 is 4.90 Å². The van der Waals surface area contributed by atoms with Crippen LogP contribution in [0.4, 0.5) is 22.7 Å². The summed E-state index contributed by atoms with van der Waals surface area (Å²) in [6.07, 6.45) is 0. The van der Waals surface area contributed by atoms with Crippen LogP contribution in [0.25, 0.3) is 20.2 Å². The van der Waals surface area contributed by atoms with Crippen LogP contribution >= 0.6 is 22.7 Å². The Kier molecular flexibility index (Phi) is 4.07. The summed E-state index contributed by atoms with van der Waals surface area (Å²) in [7, 11) is 0. The fraction of sp³-hybridized carbons (Fsp3) is 0. The zero-order valence-corrected chi connectivity index (χ0v) is 16.2. The lowest BCUT2D eigenvalue weighted by atomic mass is 10.1. The van der Waals surface area contributed by atoms with E-state index in [2.05, 4.69) is 46.0 Å². The summed E-state index contributed by atoms with van der Waals surface area (Å²) in [5.41, 5.74) is 3.12. The molecule has 0 fully saturated rings. The summed E-state index contributed by atoms with van der Waals surface area (Å²) < 4.78 is 2.43. The molecule has 0 atom stereocenters. The van der Waals surface area contributed by atoms with Gasteiger partial charge in [-0.25, -0.2) is 0 Å². The summed E-state index contributed by atoms with van der Waals surface area (Å²) in [4.78, 5) is 12.9. The smallest absolute Gasteiger partial charge is 0.269 e. The van der Waals surface area contributed by atoms with Gasteiger partial charge in [-0.3, -0.25) is 10.1 Å². The summed E-state index contributed by atoms with van der Waals surface area (Å²) in [6, 6.07) is 23.4. The van der Waals surface area contributed by atoms with Crippen LogP contribution in [-0.4, -0.2) is 4.92 Å². The molecule has 0 amide bonds. The van der Waals surface area contributed by atoms with Gasteiger partial charge in [0.15, 0.2) is 0 Å². The lowest BCUT2D eigenvalue weighted by Gasteiger charge is -2.26. The standard InChI is InChI=1S/C22H14N2O2S2/c25-24(26)18-8-6-17(7-9-18)23(16-4-2-1-3-5-16)21-19-11-13-27-20(19)14-15-10-12-28-22(15)21/h1-14H. The molecule has 5 aromatic rings. The van der Waals surface area contributed by atoms with E-state index in [-0.39, 0.29) is 10.6 Å². The van der Waals surface area contributed by atoms with Crippen molar-refractivity contribution >= 4 is 65.6 Å². The number of benzene rings is 3. The number of fused-ring (bicyclic) bond motifs is 2. The van der Waals surface area contributed by atoms with Gasteiger partial charge >= 0.3 is 0 Å². The SMILES string of the molecule is O=[N+]([O-])c1ccc(N(c2ccccc2)c2c3ccsc3cc3ccsc23)cc1. The van der Waals surface area contributed by atoms with Crippen LogP contribution in [-0.2, 0) is 0 Å². The lowest BCUT2D eigenvalue weighted by molar-refractivity contribution is -0.384. The molecule has 6 heteroatoms. The third-order valence-corrected chi connectivity index (χ3v) is 6.51. The number of non-ortho nitro benzene ring substituents is 1. The Labute approximate surface area is 169 Å². The van der Waals surface area contributed by atoms with Gasteiger partial charge in [0.05, 0.1) is 15.3 Å². The molecule has 0 saturated heterocycles. The molecule has 2 heterocycles. The number of rotatable bonds is 4. The number of hydrogen-bond donors (Lipinski definition) is 0. The first-order valence-electron chi connectivity index (χ1n) is 8.69. The Hall–Kier alpha value is -3.22. The Morgan fingerprint density at radius 2 is 1.54 bits per heavy atom. The molecule has 0 radical (unpaired) electrons. The van der Waals surface area contributed by atoms with Crippen LogP contribution in [0.5, 0.6) is 0 Å². The minimum atomic E-state index is -0.367. The molecule has 4 nitrogen and oxygen atoms in total. The van der Waals surface area contributed by atoms with Gasteiger partial charge in [0.25, 0.3) is 5.69 Å². The van der Waals surface area contributed by atoms with Crippen LogP contribution < -0.4 is 4.90 Å². The molecule has 0 saturated carbocycles. The second-order valence-corrected chi connectivity index (χ2v) is 8.20. The van der Waals surface area contributed by atoms with E-state index < -0.39 is 0 Å². The minimum absolute atomic E-state index is 0.0896. The fourth-order valence-corrected chi connectivity index (χ4v) is 5.21. The van der Waals surface area contributed by atoms with E-state index in [1.807, 2.05) is 30.3 Å². The van der Waals surface area contributed by atoms with Gasteiger partial charge in [-0.05, 0) is 58.6 Å². The molecule has 28 heavy (non-hydrogen) atoms. The summed E-state index contributed by atoms with van der Waals surface area (Å²) in [5.74, 6) is 0. The zero-order chi connectivity index (χ0) is 19.1. The van der Waals surface area contributed by atoms with E-state index in [9.17, 15) is 10.1 Å². The normalized spacial score (nSPS) is 11.1. The third kappa shape index (κ3) is 2.74. The lowest BCUT2D eigenvalue weighted by Crippen LogP contribution is -2.10. The van der Waals surface area contributed by atoms with Gasteiger partial charge in [-0.2, -0.15) is 0 Å². The van der Waals surface area contributed by atoms with Crippen LogP contribution in [0.15, 0.2) is 83.6 Å². The van der Waals surface area contributed by atoms with Crippen LogP contribution in [0.3, 0.4) is 0 Å². The van der Waals surface area contributed by atoms with Crippen molar-refractivity contribution < 1.29 is 4.92 Å². The van der Waals surface area contributed by atoms with Crippen molar-refractivity contribution in [2.75, 3.05) is 4.90 Å². The maximum absolute atomic E-state index is 11.1. The average Bonchev–Trinajstić information content (AvgIpc) is 3.38. The van der Waals surface area contributed by atoms with Crippen molar-refractivity contribution in [3.8, 4) is 0 Å². The van der Waals surface area contributed by atoms with Gasteiger partial charge in [0, 0.05) is 33.6 Å². The summed E-state index contributed by atoms with van der Waals surface area (Å²) in [6.45, 7) is 0.